The van der Waals surface area contributed by atoms with E-state index in [1.807, 2.05) is 13.8 Å². The molecule has 18 heavy (non-hydrogen) atoms. The smallest absolute Gasteiger partial charge is 0.321 e. The first kappa shape index (κ1) is 13.5. The Labute approximate surface area is 112 Å². The standard InChI is InChI=1S/C13H20N2O2S/c1-8-5-4-6-15(12(8)13(16)17)7-11-14-9(2)10(3)18-11/h8,12H,4-7H2,1-3H3,(H,16,17). The lowest BCUT2D eigenvalue weighted by Crippen LogP contribution is -2.48. The van der Waals surface area contributed by atoms with Crippen LogP contribution in [-0.4, -0.2) is 33.5 Å². The summed E-state index contributed by atoms with van der Waals surface area (Å²) in [5.41, 5.74) is 1.06. The van der Waals surface area contributed by atoms with Crippen molar-refractivity contribution in [2.24, 2.45) is 5.92 Å². The van der Waals surface area contributed by atoms with Crippen LogP contribution in [0.5, 0.6) is 0 Å². The van der Waals surface area contributed by atoms with E-state index in [4.69, 9.17) is 0 Å². The molecule has 4 nitrogen and oxygen atoms in total. The predicted octanol–water partition coefficient (Wildman–Crippen LogP) is 2.45. The lowest BCUT2D eigenvalue weighted by molar-refractivity contribution is -0.147. The molecule has 0 amide bonds. The first-order valence-corrected chi connectivity index (χ1v) is 7.20. The maximum absolute atomic E-state index is 11.4. The van der Waals surface area contributed by atoms with Crippen molar-refractivity contribution in [1.82, 2.24) is 9.88 Å². The molecule has 5 heteroatoms. The van der Waals surface area contributed by atoms with Crippen molar-refractivity contribution in [3.63, 3.8) is 0 Å². The second-order valence-corrected chi connectivity index (χ2v) is 6.41. The summed E-state index contributed by atoms with van der Waals surface area (Å²) in [5, 5.41) is 10.4. The molecule has 2 rings (SSSR count). The molecule has 2 unspecified atom stereocenters. The van der Waals surface area contributed by atoms with Crippen LogP contribution in [0.2, 0.25) is 0 Å². The van der Waals surface area contributed by atoms with Gasteiger partial charge < -0.3 is 5.11 Å². The zero-order chi connectivity index (χ0) is 13.3. The van der Waals surface area contributed by atoms with Crippen molar-refractivity contribution in [3.05, 3.63) is 15.6 Å². The number of aromatic nitrogens is 1. The highest BCUT2D eigenvalue weighted by Gasteiger charge is 2.34. The van der Waals surface area contributed by atoms with Crippen LogP contribution in [0.1, 0.15) is 35.3 Å². The number of carboxylic acids is 1. The summed E-state index contributed by atoms with van der Waals surface area (Å²) >= 11 is 1.68. The van der Waals surface area contributed by atoms with E-state index < -0.39 is 5.97 Å². The molecule has 1 aromatic rings. The second kappa shape index (κ2) is 5.36. The molecule has 1 N–H and O–H groups in total. The average molecular weight is 268 g/mol. The number of rotatable bonds is 3. The molecule has 100 valence electrons. The monoisotopic (exact) mass is 268 g/mol. The van der Waals surface area contributed by atoms with Crippen molar-refractivity contribution < 1.29 is 9.90 Å². The van der Waals surface area contributed by atoms with E-state index in [0.29, 0.717) is 6.54 Å². The normalized spacial score (nSPS) is 25.3. The van der Waals surface area contributed by atoms with Gasteiger partial charge in [-0.05, 0) is 39.2 Å². The van der Waals surface area contributed by atoms with Gasteiger partial charge in [-0.3, -0.25) is 9.69 Å². The minimum absolute atomic E-state index is 0.221. The third kappa shape index (κ3) is 2.72. The fourth-order valence-corrected chi connectivity index (χ4v) is 3.59. The molecule has 1 fully saturated rings. The molecular formula is C13H20N2O2S. The summed E-state index contributed by atoms with van der Waals surface area (Å²) in [7, 11) is 0. The van der Waals surface area contributed by atoms with Gasteiger partial charge in [0, 0.05) is 4.88 Å². The van der Waals surface area contributed by atoms with Crippen molar-refractivity contribution in [2.45, 2.75) is 46.2 Å². The van der Waals surface area contributed by atoms with Gasteiger partial charge in [-0.15, -0.1) is 11.3 Å². The van der Waals surface area contributed by atoms with E-state index in [0.717, 1.165) is 30.1 Å². The van der Waals surface area contributed by atoms with Crippen LogP contribution in [0.15, 0.2) is 0 Å². The topological polar surface area (TPSA) is 53.4 Å². The second-order valence-electron chi connectivity index (χ2n) is 5.12. The third-order valence-corrected chi connectivity index (χ3v) is 4.76. The van der Waals surface area contributed by atoms with Crippen molar-refractivity contribution in [3.8, 4) is 0 Å². The van der Waals surface area contributed by atoms with E-state index in [1.165, 1.54) is 4.88 Å². The van der Waals surface area contributed by atoms with Gasteiger partial charge in [0.25, 0.3) is 0 Å². The fourth-order valence-electron chi connectivity index (χ4n) is 2.63. The molecule has 1 aliphatic rings. The maximum atomic E-state index is 11.4. The number of aliphatic carboxylic acids is 1. The quantitative estimate of drug-likeness (QED) is 0.915. The Morgan fingerprint density at radius 1 is 1.56 bits per heavy atom. The molecule has 0 spiro atoms. The number of likely N-dealkylation sites (tertiary alicyclic amines) is 1. The van der Waals surface area contributed by atoms with Crippen LogP contribution < -0.4 is 0 Å². The summed E-state index contributed by atoms with van der Waals surface area (Å²) in [5.74, 6) is -0.481. The summed E-state index contributed by atoms with van der Waals surface area (Å²) in [6.45, 7) is 7.62. The number of nitrogens with zero attached hydrogens (tertiary/aromatic N) is 2. The molecule has 1 aromatic heterocycles. The molecule has 1 saturated heterocycles. The number of hydrogen-bond donors (Lipinski definition) is 1. The van der Waals surface area contributed by atoms with E-state index in [-0.39, 0.29) is 12.0 Å². The maximum Gasteiger partial charge on any atom is 0.321 e. The third-order valence-electron chi connectivity index (χ3n) is 3.70. The first-order valence-electron chi connectivity index (χ1n) is 6.39. The molecule has 1 aliphatic heterocycles. The van der Waals surface area contributed by atoms with Gasteiger partial charge in [-0.2, -0.15) is 0 Å². The van der Waals surface area contributed by atoms with Crippen LogP contribution in [-0.2, 0) is 11.3 Å². The highest BCUT2D eigenvalue weighted by atomic mass is 32.1. The summed E-state index contributed by atoms with van der Waals surface area (Å²) in [4.78, 5) is 19.2. The molecule has 0 radical (unpaired) electrons. The van der Waals surface area contributed by atoms with E-state index >= 15 is 0 Å². The van der Waals surface area contributed by atoms with Gasteiger partial charge in [0.05, 0.1) is 12.2 Å². The van der Waals surface area contributed by atoms with E-state index in [9.17, 15) is 9.90 Å². The van der Waals surface area contributed by atoms with E-state index in [2.05, 4.69) is 16.8 Å². The molecule has 0 saturated carbocycles. The highest BCUT2D eigenvalue weighted by Crippen LogP contribution is 2.26. The number of hydrogen-bond acceptors (Lipinski definition) is 4. The summed E-state index contributed by atoms with van der Waals surface area (Å²) in [6.07, 6.45) is 2.08. The number of carboxylic acid groups (broad SMARTS) is 1. The lowest BCUT2D eigenvalue weighted by Gasteiger charge is -2.36. The predicted molar refractivity (Wildman–Crippen MR) is 71.8 cm³/mol. The van der Waals surface area contributed by atoms with Gasteiger partial charge in [0.1, 0.15) is 11.0 Å². The summed E-state index contributed by atoms with van der Waals surface area (Å²) in [6, 6.07) is -0.358. The Morgan fingerprint density at radius 3 is 2.83 bits per heavy atom. The van der Waals surface area contributed by atoms with Crippen LogP contribution in [0.25, 0.3) is 0 Å². The lowest BCUT2D eigenvalue weighted by atomic mass is 9.91. The van der Waals surface area contributed by atoms with Crippen LogP contribution in [0, 0.1) is 19.8 Å². The van der Waals surface area contributed by atoms with Gasteiger partial charge in [-0.25, -0.2) is 4.98 Å². The van der Waals surface area contributed by atoms with Crippen molar-refractivity contribution in [2.75, 3.05) is 6.54 Å². The minimum atomic E-state index is -0.702. The van der Waals surface area contributed by atoms with Crippen LogP contribution in [0.3, 0.4) is 0 Å². The van der Waals surface area contributed by atoms with Crippen molar-refractivity contribution in [1.29, 1.82) is 0 Å². The average Bonchev–Trinajstić information content (AvgIpc) is 2.57. The number of carbonyl (C=O) groups is 1. The van der Waals surface area contributed by atoms with Gasteiger partial charge in [0.15, 0.2) is 0 Å². The van der Waals surface area contributed by atoms with E-state index in [1.54, 1.807) is 11.3 Å². The zero-order valence-electron chi connectivity index (χ0n) is 11.1. The SMILES string of the molecule is Cc1nc(CN2CCCC(C)C2C(=O)O)sc1C. The minimum Gasteiger partial charge on any atom is -0.480 e. The van der Waals surface area contributed by atoms with Gasteiger partial charge in [-0.1, -0.05) is 6.92 Å². The number of piperidine rings is 1. The molecule has 0 aliphatic carbocycles. The van der Waals surface area contributed by atoms with Crippen LogP contribution in [0.4, 0.5) is 0 Å². The number of thiazole rings is 1. The van der Waals surface area contributed by atoms with Crippen LogP contribution >= 0.6 is 11.3 Å². The largest absolute Gasteiger partial charge is 0.480 e. The Hall–Kier alpha value is -0.940. The first-order chi connectivity index (χ1) is 8.49. The Kier molecular flexibility index (Phi) is 4.02. The number of aryl methyl sites for hydroxylation is 2. The Morgan fingerprint density at radius 2 is 2.28 bits per heavy atom. The zero-order valence-corrected chi connectivity index (χ0v) is 12.0. The van der Waals surface area contributed by atoms with Crippen molar-refractivity contribution >= 4 is 17.3 Å². The Bertz CT molecular complexity index is 425. The molecule has 2 heterocycles. The Balaban J connectivity index is 2.13. The highest BCUT2D eigenvalue weighted by molar-refractivity contribution is 7.11. The molecule has 2 atom stereocenters. The fraction of sp³-hybridized carbons (Fsp3) is 0.692. The van der Waals surface area contributed by atoms with Gasteiger partial charge >= 0.3 is 5.97 Å². The molecular weight excluding hydrogens is 248 g/mol. The molecule has 0 aromatic carbocycles. The summed E-state index contributed by atoms with van der Waals surface area (Å²) < 4.78 is 0. The van der Waals surface area contributed by atoms with Gasteiger partial charge in [0.2, 0.25) is 0 Å². The molecule has 0 bridgehead atoms.